The molecule has 1 aromatic rings. The SMILES string of the molecule is N#Cc1ccc2c(c1)N(CC1CCNCC1)CCN2. The summed E-state index contributed by atoms with van der Waals surface area (Å²) in [6.45, 7) is 5.42. The van der Waals surface area contributed by atoms with Crippen LogP contribution in [0.3, 0.4) is 0 Å². The lowest BCUT2D eigenvalue weighted by molar-refractivity contribution is 0.374. The molecule has 0 atom stereocenters. The highest BCUT2D eigenvalue weighted by Crippen LogP contribution is 2.31. The average molecular weight is 256 g/mol. The molecule has 19 heavy (non-hydrogen) atoms. The number of fused-ring (bicyclic) bond motifs is 1. The number of rotatable bonds is 2. The van der Waals surface area contributed by atoms with Crippen molar-refractivity contribution in [1.82, 2.24) is 5.32 Å². The van der Waals surface area contributed by atoms with Gasteiger partial charge in [0.15, 0.2) is 0 Å². The van der Waals surface area contributed by atoms with Crippen molar-refractivity contribution >= 4 is 11.4 Å². The molecule has 0 unspecified atom stereocenters. The minimum absolute atomic E-state index is 0.748. The highest BCUT2D eigenvalue weighted by Gasteiger charge is 2.21. The molecule has 4 nitrogen and oxygen atoms in total. The zero-order chi connectivity index (χ0) is 13.1. The monoisotopic (exact) mass is 256 g/mol. The zero-order valence-corrected chi connectivity index (χ0v) is 11.2. The van der Waals surface area contributed by atoms with Crippen molar-refractivity contribution < 1.29 is 0 Å². The third-order valence-electron chi connectivity index (χ3n) is 4.10. The van der Waals surface area contributed by atoms with Gasteiger partial charge in [0, 0.05) is 19.6 Å². The molecule has 1 fully saturated rings. The van der Waals surface area contributed by atoms with E-state index in [0.29, 0.717) is 0 Å². The molecule has 2 heterocycles. The average Bonchev–Trinajstić information content (AvgIpc) is 2.48. The van der Waals surface area contributed by atoms with Gasteiger partial charge in [-0.25, -0.2) is 0 Å². The molecular formula is C15H20N4. The van der Waals surface area contributed by atoms with E-state index >= 15 is 0 Å². The highest BCUT2D eigenvalue weighted by atomic mass is 15.2. The van der Waals surface area contributed by atoms with Gasteiger partial charge in [-0.05, 0) is 50.0 Å². The molecule has 0 bridgehead atoms. The second-order valence-corrected chi connectivity index (χ2v) is 5.41. The Hall–Kier alpha value is -1.73. The Morgan fingerprint density at radius 3 is 2.89 bits per heavy atom. The number of hydrogen-bond acceptors (Lipinski definition) is 4. The van der Waals surface area contributed by atoms with E-state index in [4.69, 9.17) is 5.26 Å². The standard InChI is InChI=1S/C15H20N4/c16-10-13-1-2-14-15(9-13)19(8-7-18-14)11-12-3-5-17-6-4-12/h1-2,9,12,17-18H,3-8,11H2. The number of hydrogen-bond donors (Lipinski definition) is 2. The predicted octanol–water partition coefficient (Wildman–Crippen LogP) is 1.79. The maximum atomic E-state index is 9.05. The summed E-state index contributed by atoms with van der Waals surface area (Å²) in [6.07, 6.45) is 2.52. The van der Waals surface area contributed by atoms with Gasteiger partial charge in [0.1, 0.15) is 0 Å². The van der Waals surface area contributed by atoms with Crippen molar-refractivity contribution in [2.75, 3.05) is 42.9 Å². The highest BCUT2D eigenvalue weighted by molar-refractivity contribution is 5.73. The molecule has 2 N–H and O–H groups in total. The molecular weight excluding hydrogens is 236 g/mol. The Bertz CT molecular complexity index is 485. The van der Waals surface area contributed by atoms with Gasteiger partial charge in [0.05, 0.1) is 23.0 Å². The van der Waals surface area contributed by atoms with Crippen molar-refractivity contribution in [1.29, 1.82) is 5.26 Å². The Balaban J connectivity index is 1.78. The van der Waals surface area contributed by atoms with Gasteiger partial charge < -0.3 is 15.5 Å². The summed E-state index contributed by atoms with van der Waals surface area (Å²) in [5, 5.41) is 15.9. The Morgan fingerprint density at radius 1 is 1.26 bits per heavy atom. The van der Waals surface area contributed by atoms with Crippen molar-refractivity contribution in [3.8, 4) is 6.07 Å². The summed E-state index contributed by atoms with van der Waals surface area (Å²) in [5.74, 6) is 0.776. The Kier molecular flexibility index (Phi) is 3.56. The fourth-order valence-corrected chi connectivity index (χ4v) is 3.02. The molecule has 4 heteroatoms. The first-order valence-electron chi connectivity index (χ1n) is 7.10. The largest absolute Gasteiger partial charge is 0.382 e. The molecule has 0 aromatic heterocycles. The van der Waals surface area contributed by atoms with E-state index in [9.17, 15) is 0 Å². The topological polar surface area (TPSA) is 51.1 Å². The van der Waals surface area contributed by atoms with Gasteiger partial charge >= 0.3 is 0 Å². The number of piperidine rings is 1. The number of anilines is 2. The fraction of sp³-hybridized carbons (Fsp3) is 0.533. The number of nitrogens with one attached hydrogen (secondary N) is 2. The number of benzene rings is 1. The summed E-state index contributed by atoms with van der Waals surface area (Å²) in [7, 11) is 0. The smallest absolute Gasteiger partial charge is 0.0992 e. The van der Waals surface area contributed by atoms with Gasteiger partial charge in [-0.1, -0.05) is 0 Å². The van der Waals surface area contributed by atoms with Gasteiger partial charge in [-0.15, -0.1) is 0 Å². The van der Waals surface area contributed by atoms with Crippen molar-refractivity contribution in [3.63, 3.8) is 0 Å². The molecule has 3 rings (SSSR count). The summed E-state index contributed by atoms with van der Waals surface area (Å²) in [5.41, 5.74) is 3.11. The van der Waals surface area contributed by atoms with E-state index in [2.05, 4.69) is 21.6 Å². The first kappa shape index (κ1) is 12.3. The summed E-state index contributed by atoms with van der Waals surface area (Å²) < 4.78 is 0. The van der Waals surface area contributed by atoms with Crippen LogP contribution in [0.4, 0.5) is 11.4 Å². The normalized spacial score (nSPS) is 19.4. The molecule has 0 spiro atoms. The molecule has 1 saturated heterocycles. The van der Waals surface area contributed by atoms with Crippen LogP contribution in [0.5, 0.6) is 0 Å². The molecule has 0 aliphatic carbocycles. The fourth-order valence-electron chi connectivity index (χ4n) is 3.02. The molecule has 1 aromatic carbocycles. The van der Waals surface area contributed by atoms with Crippen LogP contribution in [0.2, 0.25) is 0 Å². The summed E-state index contributed by atoms with van der Waals surface area (Å²) in [6, 6.07) is 8.17. The first-order valence-corrected chi connectivity index (χ1v) is 7.10. The van der Waals surface area contributed by atoms with Crippen LogP contribution in [-0.2, 0) is 0 Å². The quantitative estimate of drug-likeness (QED) is 0.847. The van der Waals surface area contributed by atoms with E-state index in [1.165, 1.54) is 24.2 Å². The molecule has 0 saturated carbocycles. The second-order valence-electron chi connectivity index (χ2n) is 5.41. The van der Waals surface area contributed by atoms with E-state index in [0.717, 1.165) is 44.2 Å². The van der Waals surface area contributed by atoms with Crippen LogP contribution in [0.15, 0.2) is 18.2 Å². The first-order chi connectivity index (χ1) is 9.36. The maximum absolute atomic E-state index is 9.05. The minimum Gasteiger partial charge on any atom is -0.382 e. The second kappa shape index (κ2) is 5.50. The van der Waals surface area contributed by atoms with Gasteiger partial charge in [-0.2, -0.15) is 5.26 Å². The molecule has 100 valence electrons. The molecule has 2 aliphatic heterocycles. The summed E-state index contributed by atoms with van der Waals surface area (Å²) >= 11 is 0. The van der Waals surface area contributed by atoms with Crippen LogP contribution < -0.4 is 15.5 Å². The Morgan fingerprint density at radius 2 is 2.11 bits per heavy atom. The van der Waals surface area contributed by atoms with E-state index < -0.39 is 0 Å². The van der Waals surface area contributed by atoms with Crippen LogP contribution in [-0.4, -0.2) is 32.7 Å². The van der Waals surface area contributed by atoms with Gasteiger partial charge in [0.25, 0.3) is 0 Å². The van der Waals surface area contributed by atoms with Gasteiger partial charge in [0.2, 0.25) is 0 Å². The molecule has 0 radical (unpaired) electrons. The maximum Gasteiger partial charge on any atom is 0.0992 e. The van der Waals surface area contributed by atoms with Crippen LogP contribution in [0.25, 0.3) is 0 Å². The van der Waals surface area contributed by atoms with E-state index in [1.807, 2.05) is 18.2 Å². The number of nitriles is 1. The third kappa shape index (κ3) is 2.66. The van der Waals surface area contributed by atoms with Crippen LogP contribution in [0, 0.1) is 17.2 Å². The molecule has 2 aliphatic rings. The van der Waals surface area contributed by atoms with Gasteiger partial charge in [-0.3, -0.25) is 0 Å². The zero-order valence-electron chi connectivity index (χ0n) is 11.2. The molecule has 0 amide bonds. The third-order valence-corrected chi connectivity index (χ3v) is 4.10. The van der Waals surface area contributed by atoms with Crippen molar-refractivity contribution in [3.05, 3.63) is 23.8 Å². The lowest BCUT2D eigenvalue weighted by Gasteiger charge is -2.36. The van der Waals surface area contributed by atoms with Crippen LogP contribution >= 0.6 is 0 Å². The minimum atomic E-state index is 0.748. The lowest BCUT2D eigenvalue weighted by atomic mass is 9.96. The summed E-state index contributed by atoms with van der Waals surface area (Å²) in [4.78, 5) is 2.45. The van der Waals surface area contributed by atoms with E-state index in [1.54, 1.807) is 0 Å². The van der Waals surface area contributed by atoms with Crippen molar-refractivity contribution in [2.24, 2.45) is 5.92 Å². The Labute approximate surface area is 114 Å². The predicted molar refractivity (Wildman–Crippen MR) is 77.5 cm³/mol. The van der Waals surface area contributed by atoms with Crippen LogP contribution in [0.1, 0.15) is 18.4 Å². The van der Waals surface area contributed by atoms with E-state index in [-0.39, 0.29) is 0 Å². The lowest BCUT2D eigenvalue weighted by Crippen LogP contribution is -2.40. The van der Waals surface area contributed by atoms with Crippen molar-refractivity contribution in [2.45, 2.75) is 12.8 Å². The number of nitrogens with zero attached hydrogens (tertiary/aromatic N) is 2.